The van der Waals surface area contributed by atoms with Crippen molar-refractivity contribution >= 4 is 35.3 Å². The van der Waals surface area contributed by atoms with Crippen LogP contribution in [0.2, 0.25) is 0 Å². The van der Waals surface area contributed by atoms with Gasteiger partial charge in [0.2, 0.25) is 0 Å². The summed E-state index contributed by atoms with van der Waals surface area (Å²) in [6.07, 6.45) is 0. The number of benzene rings is 1. The Kier molecular flexibility index (Phi) is 4.70. The van der Waals surface area contributed by atoms with Gasteiger partial charge < -0.3 is 20.4 Å². The molecule has 0 aliphatic rings. The topological polar surface area (TPSA) is 132 Å². The van der Waals surface area contributed by atoms with Gasteiger partial charge in [-0.2, -0.15) is 0 Å². The average molecular weight is 256 g/mol. The van der Waals surface area contributed by atoms with Gasteiger partial charge in [0, 0.05) is 0 Å². The lowest BCUT2D eigenvalue weighted by molar-refractivity contribution is 0.0645. The highest BCUT2D eigenvalue weighted by molar-refractivity contribution is 6.06. The van der Waals surface area contributed by atoms with Crippen molar-refractivity contribution < 1.29 is 34.8 Å². The molecule has 0 radical (unpaired) electrons. The Morgan fingerprint density at radius 2 is 1.24 bits per heavy atom. The molecule has 0 saturated heterocycles. The van der Waals surface area contributed by atoms with E-state index < -0.39 is 40.3 Å². The van der Waals surface area contributed by atoms with Gasteiger partial charge in [-0.3, -0.25) is 0 Å². The number of phenols is 1. The summed E-state index contributed by atoms with van der Waals surface area (Å²) in [4.78, 5) is 31.9. The quantitative estimate of drug-likeness (QED) is 0.526. The number of aromatic hydroxyl groups is 1. The molecule has 0 aliphatic carbocycles. The van der Waals surface area contributed by atoms with Crippen LogP contribution in [0.5, 0.6) is 5.75 Å². The first-order valence-electron chi connectivity index (χ1n) is 3.92. The first-order valence-corrected chi connectivity index (χ1v) is 3.92. The normalized spacial score (nSPS) is 9.18. The zero-order valence-electron chi connectivity index (χ0n) is 7.67. The summed E-state index contributed by atoms with van der Waals surface area (Å²) in [5, 5.41) is 35.3. The van der Waals surface area contributed by atoms with Crippen LogP contribution in [0.15, 0.2) is 12.1 Å². The van der Waals surface area contributed by atoms with Gasteiger partial charge in [0.25, 0.3) is 0 Å². The molecule has 0 fully saturated rings. The largest absolute Gasteiger partial charge is 0.506 e. The summed E-state index contributed by atoms with van der Waals surface area (Å²) < 4.78 is 0. The molecule has 4 N–H and O–H groups in total. The molecule has 1 rings (SSSR count). The zero-order chi connectivity index (χ0) is 12.5. The maximum atomic E-state index is 10.7. The van der Waals surface area contributed by atoms with E-state index in [9.17, 15) is 19.5 Å². The molecule has 17 heavy (non-hydrogen) atoms. The number of carboxylic acids is 3. The fraction of sp³-hybridized carbons (Fsp3) is 0. The standard InChI is InChI=1S/C9H6O7.Al.3H/c10-6-4(8(13)14)2-1-3(7(11)12)5(6)9(15)16;;;;/h1-2,10H,(H,11,12)(H,13,14)(H,15,16);;;;. The Morgan fingerprint density at radius 1 is 0.824 bits per heavy atom. The van der Waals surface area contributed by atoms with Gasteiger partial charge in [-0.25, -0.2) is 14.4 Å². The van der Waals surface area contributed by atoms with Crippen molar-refractivity contribution in [1.29, 1.82) is 0 Å². The van der Waals surface area contributed by atoms with Crippen LogP contribution in [0.4, 0.5) is 0 Å². The van der Waals surface area contributed by atoms with E-state index in [4.69, 9.17) is 15.3 Å². The Balaban J connectivity index is 0.00000256. The lowest BCUT2D eigenvalue weighted by Gasteiger charge is -2.06. The van der Waals surface area contributed by atoms with E-state index >= 15 is 0 Å². The molecular weight excluding hydrogens is 247 g/mol. The lowest BCUT2D eigenvalue weighted by Crippen LogP contribution is -2.11. The first kappa shape index (κ1) is 15.0. The molecule has 1 aromatic carbocycles. The van der Waals surface area contributed by atoms with Crippen molar-refractivity contribution in [2.75, 3.05) is 0 Å². The summed E-state index contributed by atoms with van der Waals surface area (Å²) >= 11 is 0. The van der Waals surface area contributed by atoms with Crippen LogP contribution in [0.3, 0.4) is 0 Å². The zero-order valence-corrected chi connectivity index (χ0v) is 7.67. The second-order valence-corrected chi connectivity index (χ2v) is 2.80. The van der Waals surface area contributed by atoms with Crippen LogP contribution in [-0.2, 0) is 0 Å². The smallest absolute Gasteiger partial charge is 0.340 e. The Hall–Kier alpha value is -2.04. The van der Waals surface area contributed by atoms with E-state index in [2.05, 4.69) is 0 Å². The minimum atomic E-state index is -1.71. The highest BCUT2D eigenvalue weighted by atomic mass is 27.0. The number of hydrogen-bond acceptors (Lipinski definition) is 4. The summed E-state index contributed by atoms with van der Waals surface area (Å²) in [6, 6.07) is 1.64. The second-order valence-electron chi connectivity index (χ2n) is 2.80. The van der Waals surface area contributed by atoms with Crippen LogP contribution in [0.25, 0.3) is 0 Å². The molecular formula is C9H9AlO7. The van der Waals surface area contributed by atoms with E-state index in [1.165, 1.54) is 0 Å². The van der Waals surface area contributed by atoms with Crippen molar-refractivity contribution in [2.45, 2.75) is 0 Å². The van der Waals surface area contributed by atoms with Crippen LogP contribution in [-0.4, -0.2) is 55.7 Å². The van der Waals surface area contributed by atoms with Crippen molar-refractivity contribution in [1.82, 2.24) is 0 Å². The maximum absolute atomic E-state index is 10.7. The lowest BCUT2D eigenvalue weighted by atomic mass is 10.0. The molecule has 7 nitrogen and oxygen atoms in total. The SMILES string of the molecule is O=C(O)c1ccc(C(=O)O)c(C(=O)O)c1O.[AlH3]. The van der Waals surface area contributed by atoms with Gasteiger partial charge in [-0.15, -0.1) is 0 Å². The highest BCUT2D eigenvalue weighted by Crippen LogP contribution is 2.26. The molecule has 0 saturated carbocycles. The van der Waals surface area contributed by atoms with Crippen LogP contribution in [0, 0.1) is 0 Å². The molecule has 0 spiro atoms. The van der Waals surface area contributed by atoms with E-state index in [-0.39, 0.29) is 17.4 Å². The summed E-state index contributed by atoms with van der Waals surface area (Å²) in [5.74, 6) is -5.89. The molecule has 8 heteroatoms. The molecule has 0 bridgehead atoms. The van der Waals surface area contributed by atoms with Gasteiger partial charge in [-0.1, -0.05) is 0 Å². The van der Waals surface area contributed by atoms with E-state index in [1.54, 1.807) is 0 Å². The van der Waals surface area contributed by atoms with Gasteiger partial charge in [-0.05, 0) is 12.1 Å². The van der Waals surface area contributed by atoms with Gasteiger partial charge in [0.15, 0.2) is 17.4 Å². The first-order chi connectivity index (χ1) is 7.36. The number of hydrogen-bond donors (Lipinski definition) is 4. The van der Waals surface area contributed by atoms with Gasteiger partial charge >= 0.3 is 17.9 Å². The Morgan fingerprint density at radius 3 is 1.59 bits per heavy atom. The molecule has 0 atom stereocenters. The van der Waals surface area contributed by atoms with Crippen molar-refractivity contribution in [2.24, 2.45) is 0 Å². The van der Waals surface area contributed by atoms with E-state index in [0.717, 1.165) is 12.1 Å². The monoisotopic (exact) mass is 256 g/mol. The minimum Gasteiger partial charge on any atom is -0.506 e. The van der Waals surface area contributed by atoms with Crippen molar-refractivity contribution in [3.05, 3.63) is 28.8 Å². The highest BCUT2D eigenvalue weighted by Gasteiger charge is 2.24. The number of carboxylic acid groups (broad SMARTS) is 3. The molecule has 0 aliphatic heterocycles. The predicted octanol–water partition coefficient (Wildman–Crippen LogP) is -0.697. The fourth-order valence-electron chi connectivity index (χ4n) is 1.16. The van der Waals surface area contributed by atoms with Gasteiger partial charge in [0.1, 0.15) is 16.9 Å². The maximum Gasteiger partial charge on any atom is 0.340 e. The Bertz CT molecular complexity index is 494. The average Bonchev–Trinajstić information content (AvgIpc) is 2.15. The fourth-order valence-corrected chi connectivity index (χ4v) is 1.16. The van der Waals surface area contributed by atoms with Gasteiger partial charge in [0.05, 0.1) is 5.56 Å². The van der Waals surface area contributed by atoms with Crippen LogP contribution < -0.4 is 0 Å². The molecule has 0 heterocycles. The number of aromatic carboxylic acids is 3. The third kappa shape index (κ3) is 2.75. The molecule has 0 amide bonds. The third-order valence-corrected chi connectivity index (χ3v) is 1.85. The van der Waals surface area contributed by atoms with Crippen molar-refractivity contribution in [3.63, 3.8) is 0 Å². The summed E-state index contributed by atoms with van der Waals surface area (Å²) in [6.45, 7) is 0. The summed E-state index contributed by atoms with van der Waals surface area (Å²) in [7, 11) is 0. The molecule has 0 aromatic heterocycles. The molecule has 1 aromatic rings. The number of carbonyl (C=O) groups is 3. The number of rotatable bonds is 3. The molecule has 0 unspecified atom stereocenters. The van der Waals surface area contributed by atoms with E-state index in [1.807, 2.05) is 0 Å². The van der Waals surface area contributed by atoms with Crippen LogP contribution in [0.1, 0.15) is 31.1 Å². The third-order valence-electron chi connectivity index (χ3n) is 1.85. The second kappa shape index (κ2) is 5.34. The summed E-state index contributed by atoms with van der Waals surface area (Å²) in [5.41, 5.74) is -2.27. The minimum absolute atomic E-state index is 0. The van der Waals surface area contributed by atoms with E-state index in [0.29, 0.717) is 0 Å². The molecule has 90 valence electrons. The predicted molar refractivity (Wildman–Crippen MR) is 58.9 cm³/mol. The Labute approximate surface area is 105 Å². The van der Waals surface area contributed by atoms with Crippen molar-refractivity contribution in [3.8, 4) is 5.75 Å². The van der Waals surface area contributed by atoms with Crippen LogP contribution >= 0.6 is 0 Å².